The predicted octanol–water partition coefficient (Wildman–Crippen LogP) is 11.8. The van der Waals surface area contributed by atoms with Crippen molar-refractivity contribution in [2.45, 2.75) is 157 Å². The van der Waals surface area contributed by atoms with Crippen LogP contribution in [-0.4, -0.2) is 40.5 Å². The molecule has 1 saturated heterocycles. The summed E-state index contributed by atoms with van der Waals surface area (Å²) in [4.78, 5) is 42.1. The van der Waals surface area contributed by atoms with Crippen LogP contribution in [0.25, 0.3) is 0 Å². The summed E-state index contributed by atoms with van der Waals surface area (Å²) in [7, 11) is 0. The topological polar surface area (TPSA) is 116 Å². The van der Waals surface area contributed by atoms with Gasteiger partial charge in [0.15, 0.2) is 5.78 Å². The zero-order valence-corrected chi connectivity index (χ0v) is 36.2. The number of allylic oxidation sites excluding steroid dienone is 14. The summed E-state index contributed by atoms with van der Waals surface area (Å²) in [6.07, 6.45) is 31.8. The standard InChI is InChI=1S/C50H67N5O3/c1-7-9-10-11-12-13-14-15-16-17-18-19-20-21-22-23-26-51-47(58)25-24-37-33(4)42-28-40-34(5)39(31-56)45(53-40)29-41-32(3)36(8-2)44(52-41)30-43-35(6)48-46(57)27-38(49(37)54-42)50(48)55-43/h15-16,28-31,33,37,54,56H,7-14,17-27H2,1-6H3,(H,51,58)/b16-15-,39-31?,41-29?,42-28?,43-30?,49-38?/t33-,37-/m0/s1. The molecule has 0 unspecified atom stereocenters. The summed E-state index contributed by atoms with van der Waals surface area (Å²) in [5.41, 5.74) is 12.8. The fourth-order valence-electron chi connectivity index (χ4n) is 9.24. The number of unbranched alkanes of at least 4 members (excludes halogenated alkanes) is 12. The number of Topliss-reactive ketones (excluding diaryl/α,β-unsaturated/α-hetero) is 1. The predicted molar refractivity (Wildman–Crippen MR) is 240 cm³/mol. The van der Waals surface area contributed by atoms with Crippen molar-refractivity contribution in [3.8, 4) is 0 Å². The lowest BCUT2D eigenvalue weighted by molar-refractivity contribution is -0.121. The molecule has 2 atom stereocenters. The number of hydrogen-bond acceptors (Lipinski definition) is 7. The Hall–Kier alpha value is -4.59. The van der Waals surface area contributed by atoms with Gasteiger partial charge in [-0.25, -0.2) is 15.0 Å². The monoisotopic (exact) mass is 786 g/mol. The van der Waals surface area contributed by atoms with Gasteiger partial charge < -0.3 is 15.7 Å². The number of ketones is 1. The maximum Gasteiger partial charge on any atom is 0.220 e. The van der Waals surface area contributed by atoms with E-state index < -0.39 is 0 Å². The van der Waals surface area contributed by atoms with Gasteiger partial charge in [0.05, 0.1) is 40.5 Å². The lowest BCUT2D eigenvalue weighted by atomic mass is 9.86. The molecular formula is C50H67N5O3. The molecule has 0 aromatic rings. The number of carbonyl (C=O) groups excluding carboxylic acids is 2. The second-order valence-corrected chi connectivity index (χ2v) is 17.0. The molecule has 310 valence electrons. The highest BCUT2D eigenvalue weighted by Gasteiger charge is 2.43. The van der Waals surface area contributed by atoms with Crippen LogP contribution in [-0.2, 0) is 9.59 Å². The first kappa shape index (κ1) is 43.0. The Balaban J connectivity index is 1.08. The van der Waals surface area contributed by atoms with Gasteiger partial charge in [-0.1, -0.05) is 90.7 Å². The lowest BCUT2D eigenvalue weighted by Gasteiger charge is -2.17. The Labute approximate surface area is 347 Å². The van der Waals surface area contributed by atoms with E-state index in [4.69, 9.17) is 15.0 Å². The molecule has 1 amide bonds. The second-order valence-electron chi connectivity index (χ2n) is 17.0. The minimum Gasteiger partial charge on any atom is -0.515 e. The first-order valence-electron chi connectivity index (χ1n) is 22.5. The second kappa shape index (κ2) is 20.4. The van der Waals surface area contributed by atoms with E-state index >= 15 is 0 Å². The molecular weight excluding hydrogens is 719 g/mol. The third-order valence-corrected chi connectivity index (χ3v) is 12.9. The van der Waals surface area contributed by atoms with Gasteiger partial charge in [0.2, 0.25) is 5.91 Å². The van der Waals surface area contributed by atoms with E-state index in [9.17, 15) is 14.7 Å². The number of carbonyl (C=O) groups is 2. The van der Waals surface area contributed by atoms with Crippen molar-refractivity contribution in [3.05, 3.63) is 104 Å². The van der Waals surface area contributed by atoms with Gasteiger partial charge in [-0.15, -0.1) is 0 Å². The molecule has 5 heterocycles. The Morgan fingerprint density at radius 2 is 1.48 bits per heavy atom. The van der Waals surface area contributed by atoms with Crippen LogP contribution in [0.5, 0.6) is 0 Å². The molecule has 0 radical (unpaired) electrons. The summed E-state index contributed by atoms with van der Waals surface area (Å²) in [5.74, 6) is 0.193. The number of fused-ring (bicyclic) bond motifs is 5. The fourth-order valence-corrected chi connectivity index (χ4v) is 9.24. The van der Waals surface area contributed by atoms with Crippen molar-refractivity contribution in [3.63, 3.8) is 0 Å². The molecule has 2 fully saturated rings. The molecule has 3 N–H and O–H groups in total. The van der Waals surface area contributed by atoms with E-state index in [0.29, 0.717) is 36.2 Å². The minimum atomic E-state index is -0.00494. The minimum absolute atomic E-state index is 0.00494. The normalized spacial score (nSPS) is 22.0. The Kier molecular flexibility index (Phi) is 15.1. The number of amides is 1. The number of aliphatic imine (C=N–C) groups is 3. The van der Waals surface area contributed by atoms with Crippen molar-refractivity contribution < 1.29 is 14.7 Å². The van der Waals surface area contributed by atoms with Crippen molar-refractivity contribution in [1.29, 1.82) is 0 Å². The number of nitrogens with zero attached hydrogens (tertiary/aromatic N) is 3. The first-order chi connectivity index (χ1) is 28.2. The Bertz CT molecular complexity index is 2020. The number of aliphatic hydroxyl groups excluding tert-OH is 1. The van der Waals surface area contributed by atoms with Crippen LogP contribution in [0.3, 0.4) is 0 Å². The largest absolute Gasteiger partial charge is 0.515 e. The summed E-state index contributed by atoms with van der Waals surface area (Å²) < 4.78 is 0. The van der Waals surface area contributed by atoms with Crippen LogP contribution in [0, 0.1) is 11.8 Å². The zero-order valence-electron chi connectivity index (χ0n) is 36.2. The highest BCUT2D eigenvalue weighted by atomic mass is 16.2. The van der Waals surface area contributed by atoms with E-state index in [1.807, 2.05) is 26.0 Å². The van der Waals surface area contributed by atoms with Crippen LogP contribution < -0.4 is 10.6 Å². The molecule has 8 heteroatoms. The number of hydrogen-bond donors (Lipinski definition) is 3. The molecule has 0 aromatic heterocycles. The van der Waals surface area contributed by atoms with Crippen LogP contribution in [0.4, 0.5) is 0 Å². The van der Waals surface area contributed by atoms with Crippen LogP contribution in [0.2, 0.25) is 0 Å². The van der Waals surface area contributed by atoms with E-state index in [1.165, 1.54) is 77.0 Å². The third kappa shape index (κ3) is 9.81. The summed E-state index contributed by atoms with van der Waals surface area (Å²) in [6, 6.07) is 0. The van der Waals surface area contributed by atoms with E-state index in [-0.39, 0.29) is 29.9 Å². The molecule has 0 aromatic carbocycles. The van der Waals surface area contributed by atoms with Crippen LogP contribution in [0.15, 0.2) is 119 Å². The highest BCUT2D eigenvalue weighted by Crippen LogP contribution is 2.45. The van der Waals surface area contributed by atoms with Gasteiger partial charge >= 0.3 is 0 Å². The average molecular weight is 786 g/mol. The highest BCUT2D eigenvalue weighted by molar-refractivity contribution is 6.38. The molecule has 0 spiro atoms. The average Bonchev–Trinajstić information content (AvgIpc) is 3.97. The number of aliphatic hydroxyl groups is 1. The van der Waals surface area contributed by atoms with Crippen LogP contribution >= 0.6 is 0 Å². The molecule has 58 heavy (non-hydrogen) atoms. The third-order valence-electron chi connectivity index (χ3n) is 12.9. The van der Waals surface area contributed by atoms with E-state index in [1.54, 1.807) is 0 Å². The van der Waals surface area contributed by atoms with Gasteiger partial charge in [0, 0.05) is 59.3 Å². The van der Waals surface area contributed by atoms with Crippen molar-refractivity contribution in [2.75, 3.05) is 6.54 Å². The number of rotatable bonds is 20. The molecule has 1 saturated carbocycles. The molecule has 5 aliphatic heterocycles. The zero-order chi connectivity index (χ0) is 41.2. The fraction of sp³-hybridized carbons (Fsp3) is 0.540. The van der Waals surface area contributed by atoms with Gasteiger partial charge in [-0.3, -0.25) is 9.59 Å². The molecule has 6 aliphatic rings. The quantitative estimate of drug-likeness (QED) is 0.0647. The van der Waals surface area contributed by atoms with Gasteiger partial charge in [-0.05, 0) is 106 Å². The van der Waals surface area contributed by atoms with Gasteiger partial charge in [0.1, 0.15) is 0 Å². The maximum atomic E-state index is 13.7. The molecule has 8 nitrogen and oxygen atoms in total. The molecule has 6 rings (SSSR count). The Morgan fingerprint density at radius 1 is 0.828 bits per heavy atom. The van der Waals surface area contributed by atoms with Crippen LogP contribution in [0.1, 0.15) is 157 Å². The lowest BCUT2D eigenvalue weighted by Crippen LogP contribution is -2.25. The first-order valence-corrected chi connectivity index (χ1v) is 22.5. The molecule has 1 aliphatic carbocycles. The Morgan fingerprint density at radius 3 is 2.17 bits per heavy atom. The molecule has 8 bridgehead atoms. The van der Waals surface area contributed by atoms with Crippen molar-refractivity contribution in [2.24, 2.45) is 26.8 Å². The van der Waals surface area contributed by atoms with Crippen molar-refractivity contribution in [1.82, 2.24) is 10.6 Å². The van der Waals surface area contributed by atoms with E-state index in [2.05, 4.69) is 56.6 Å². The van der Waals surface area contributed by atoms with Gasteiger partial charge in [0.25, 0.3) is 0 Å². The number of nitrogens with one attached hydrogen (secondary N) is 2. The summed E-state index contributed by atoms with van der Waals surface area (Å²) in [5, 5.41) is 17.3. The smallest absolute Gasteiger partial charge is 0.220 e. The summed E-state index contributed by atoms with van der Waals surface area (Å²) in [6.45, 7) is 13.3. The van der Waals surface area contributed by atoms with Gasteiger partial charge in [-0.2, -0.15) is 0 Å². The maximum absolute atomic E-state index is 13.7. The van der Waals surface area contributed by atoms with E-state index in [0.717, 1.165) is 93.3 Å². The summed E-state index contributed by atoms with van der Waals surface area (Å²) >= 11 is 0. The SMILES string of the molecule is CCCCCCCC/C=C\CCCCCCCCNC(=O)CC[C@@H]1C2=C3CC(=O)C4=C(C)C(=CC5=NC(=CC6=NC(=C(C)C6=CO)C=C(N2)[C@H]1C)C(C)=C5CC)N=C34. The van der Waals surface area contributed by atoms with Crippen molar-refractivity contribution >= 4 is 28.8 Å².